The molecule has 0 saturated carbocycles. The number of aromatic amines is 1. The summed E-state index contributed by atoms with van der Waals surface area (Å²) in [5.74, 6) is -1.67. The molecular weight excluding hydrogens is 278 g/mol. The maximum Gasteiger partial charge on any atom is 0.234 e. The SMILES string of the molecule is Fc1ccc(Oc2nc(Cl)nc3[nH]ncc23)c(F)c1. The van der Waals surface area contributed by atoms with Gasteiger partial charge in [-0.1, -0.05) is 0 Å². The highest BCUT2D eigenvalue weighted by molar-refractivity contribution is 6.28. The second-order valence-corrected chi connectivity index (χ2v) is 3.94. The number of nitrogens with zero attached hydrogens (tertiary/aromatic N) is 3. The van der Waals surface area contributed by atoms with Crippen LogP contribution in [-0.2, 0) is 0 Å². The molecule has 2 aromatic heterocycles. The zero-order valence-corrected chi connectivity index (χ0v) is 9.95. The van der Waals surface area contributed by atoms with Gasteiger partial charge in [-0.3, -0.25) is 5.10 Å². The van der Waals surface area contributed by atoms with E-state index in [9.17, 15) is 8.78 Å². The van der Waals surface area contributed by atoms with E-state index in [1.54, 1.807) is 0 Å². The average Bonchev–Trinajstić information content (AvgIpc) is 2.80. The standard InChI is InChI=1S/C11H5ClF2N4O/c12-11-16-9-6(4-15-18-9)10(17-11)19-8-2-1-5(13)3-7(8)14/h1-4H,(H,15,16,17,18). The molecule has 3 rings (SSSR count). The third-order valence-electron chi connectivity index (χ3n) is 2.35. The summed E-state index contributed by atoms with van der Waals surface area (Å²) < 4.78 is 31.6. The fraction of sp³-hybridized carbons (Fsp3) is 0. The Balaban J connectivity index is 2.07. The van der Waals surface area contributed by atoms with Crippen molar-refractivity contribution in [3.63, 3.8) is 0 Å². The van der Waals surface area contributed by atoms with Gasteiger partial charge in [0.1, 0.15) is 11.2 Å². The molecular formula is C11H5ClF2N4O. The molecule has 0 saturated heterocycles. The summed E-state index contributed by atoms with van der Waals surface area (Å²) in [5, 5.41) is 6.72. The molecule has 0 bridgehead atoms. The second kappa shape index (κ2) is 4.43. The summed E-state index contributed by atoms with van der Waals surface area (Å²) in [5.41, 5.74) is 0.359. The predicted molar refractivity (Wildman–Crippen MR) is 63.1 cm³/mol. The van der Waals surface area contributed by atoms with Crippen molar-refractivity contribution in [3.8, 4) is 11.6 Å². The maximum absolute atomic E-state index is 13.5. The minimum absolute atomic E-state index is 0.0364. The average molecular weight is 283 g/mol. The zero-order chi connectivity index (χ0) is 13.4. The van der Waals surface area contributed by atoms with E-state index in [0.717, 1.165) is 12.1 Å². The van der Waals surface area contributed by atoms with Crippen LogP contribution in [0.25, 0.3) is 11.0 Å². The van der Waals surface area contributed by atoms with Crippen LogP contribution in [-0.4, -0.2) is 20.2 Å². The normalized spacial score (nSPS) is 10.9. The Morgan fingerprint density at radius 2 is 2.05 bits per heavy atom. The molecule has 0 atom stereocenters. The molecule has 19 heavy (non-hydrogen) atoms. The minimum atomic E-state index is -0.841. The number of benzene rings is 1. The molecule has 0 aliphatic heterocycles. The number of fused-ring (bicyclic) bond motifs is 1. The molecule has 8 heteroatoms. The van der Waals surface area contributed by atoms with Gasteiger partial charge in [0.05, 0.1) is 6.20 Å². The first-order valence-corrected chi connectivity index (χ1v) is 5.51. The van der Waals surface area contributed by atoms with Gasteiger partial charge in [-0.05, 0) is 23.7 Å². The quantitative estimate of drug-likeness (QED) is 0.734. The number of rotatable bonds is 2. The fourth-order valence-corrected chi connectivity index (χ4v) is 1.68. The van der Waals surface area contributed by atoms with E-state index < -0.39 is 11.6 Å². The first-order chi connectivity index (χ1) is 9.13. The Morgan fingerprint density at radius 3 is 2.84 bits per heavy atom. The predicted octanol–water partition coefficient (Wildman–Crippen LogP) is 3.08. The van der Waals surface area contributed by atoms with E-state index in [1.807, 2.05) is 0 Å². The van der Waals surface area contributed by atoms with Crippen molar-refractivity contribution in [3.05, 3.63) is 41.3 Å². The van der Waals surface area contributed by atoms with Crippen molar-refractivity contribution in [2.24, 2.45) is 0 Å². The third-order valence-corrected chi connectivity index (χ3v) is 2.52. The van der Waals surface area contributed by atoms with Crippen LogP contribution in [0.4, 0.5) is 8.78 Å². The lowest BCUT2D eigenvalue weighted by Crippen LogP contribution is -1.94. The van der Waals surface area contributed by atoms with Crippen LogP contribution >= 0.6 is 11.6 Å². The van der Waals surface area contributed by atoms with Crippen LogP contribution in [0.2, 0.25) is 5.28 Å². The van der Waals surface area contributed by atoms with E-state index in [-0.39, 0.29) is 16.9 Å². The van der Waals surface area contributed by atoms with E-state index in [0.29, 0.717) is 17.1 Å². The molecule has 0 radical (unpaired) electrons. The first-order valence-electron chi connectivity index (χ1n) is 5.13. The molecule has 0 unspecified atom stereocenters. The molecule has 0 aliphatic carbocycles. The van der Waals surface area contributed by atoms with Gasteiger partial charge in [0.2, 0.25) is 11.2 Å². The number of ether oxygens (including phenoxy) is 1. The van der Waals surface area contributed by atoms with Gasteiger partial charge in [0.15, 0.2) is 17.2 Å². The van der Waals surface area contributed by atoms with E-state index in [1.165, 1.54) is 6.20 Å². The second-order valence-electron chi connectivity index (χ2n) is 3.61. The fourth-order valence-electron chi connectivity index (χ4n) is 1.52. The molecule has 0 spiro atoms. The lowest BCUT2D eigenvalue weighted by molar-refractivity contribution is 0.427. The molecule has 1 N–H and O–H groups in total. The Morgan fingerprint density at radius 1 is 1.21 bits per heavy atom. The third kappa shape index (κ3) is 2.19. The Labute approximate surface area is 110 Å². The van der Waals surface area contributed by atoms with Gasteiger partial charge in [0, 0.05) is 6.07 Å². The molecule has 0 aliphatic rings. The number of hydrogen-bond acceptors (Lipinski definition) is 4. The molecule has 0 fully saturated rings. The first kappa shape index (κ1) is 11.8. The number of aromatic nitrogens is 4. The molecule has 3 aromatic rings. The molecule has 2 heterocycles. The van der Waals surface area contributed by atoms with Crippen LogP contribution < -0.4 is 4.74 Å². The van der Waals surface area contributed by atoms with Gasteiger partial charge in [-0.25, -0.2) is 8.78 Å². The van der Waals surface area contributed by atoms with Gasteiger partial charge in [-0.2, -0.15) is 15.1 Å². The van der Waals surface area contributed by atoms with Crippen LogP contribution in [0, 0.1) is 11.6 Å². The topological polar surface area (TPSA) is 63.7 Å². The zero-order valence-electron chi connectivity index (χ0n) is 9.19. The van der Waals surface area contributed by atoms with Gasteiger partial charge in [0.25, 0.3) is 0 Å². The smallest absolute Gasteiger partial charge is 0.234 e. The number of halogens is 3. The molecule has 0 amide bonds. The number of H-pyrrole nitrogens is 1. The van der Waals surface area contributed by atoms with Crippen LogP contribution in [0.3, 0.4) is 0 Å². The number of hydrogen-bond donors (Lipinski definition) is 1. The van der Waals surface area contributed by atoms with Crippen molar-refractivity contribution < 1.29 is 13.5 Å². The summed E-state index contributed by atoms with van der Waals surface area (Å²) in [6.45, 7) is 0. The monoisotopic (exact) mass is 282 g/mol. The lowest BCUT2D eigenvalue weighted by Gasteiger charge is -2.06. The van der Waals surface area contributed by atoms with Crippen LogP contribution in [0.1, 0.15) is 0 Å². The molecule has 1 aromatic carbocycles. The highest BCUT2D eigenvalue weighted by Crippen LogP contribution is 2.29. The van der Waals surface area contributed by atoms with Gasteiger partial charge >= 0.3 is 0 Å². The summed E-state index contributed by atoms with van der Waals surface area (Å²) in [7, 11) is 0. The number of nitrogens with one attached hydrogen (secondary N) is 1. The lowest BCUT2D eigenvalue weighted by atomic mass is 10.3. The van der Waals surface area contributed by atoms with Gasteiger partial charge in [-0.15, -0.1) is 0 Å². The van der Waals surface area contributed by atoms with E-state index in [4.69, 9.17) is 16.3 Å². The summed E-state index contributed by atoms with van der Waals surface area (Å²) >= 11 is 5.71. The molecule has 5 nitrogen and oxygen atoms in total. The summed E-state index contributed by atoms with van der Waals surface area (Å²) in [6, 6.07) is 2.95. The van der Waals surface area contributed by atoms with Crippen LogP contribution in [0.15, 0.2) is 24.4 Å². The van der Waals surface area contributed by atoms with E-state index in [2.05, 4.69) is 20.2 Å². The van der Waals surface area contributed by atoms with Gasteiger partial charge < -0.3 is 4.74 Å². The highest BCUT2D eigenvalue weighted by Gasteiger charge is 2.13. The Hall–Kier alpha value is -2.28. The Kier molecular flexibility index (Phi) is 2.75. The summed E-state index contributed by atoms with van der Waals surface area (Å²) in [6.07, 6.45) is 1.42. The van der Waals surface area contributed by atoms with E-state index >= 15 is 0 Å². The molecule has 96 valence electrons. The minimum Gasteiger partial charge on any atom is -0.435 e. The van der Waals surface area contributed by atoms with Crippen molar-refractivity contribution in [2.75, 3.05) is 0 Å². The summed E-state index contributed by atoms with van der Waals surface area (Å²) in [4.78, 5) is 7.72. The van der Waals surface area contributed by atoms with Crippen molar-refractivity contribution in [1.82, 2.24) is 20.2 Å². The van der Waals surface area contributed by atoms with Crippen molar-refractivity contribution >= 4 is 22.6 Å². The van der Waals surface area contributed by atoms with Crippen LogP contribution in [0.5, 0.6) is 11.6 Å². The highest BCUT2D eigenvalue weighted by atomic mass is 35.5. The van der Waals surface area contributed by atoms with Crippen molar-refractivity contribution in [1.29, 1.82) is 0 Å². The Bertz CT molecular complexity index is 762. The largest absolute Gasteiger partial charge is 0.435 e. The maximum atomic E-state index is 13.5. The van der Waals surface area contributed by atoms with Crippen molar-refractivity contribution in [2.45, 2.75) is 0 Å².